The molecule has 0 unspecified atom stereocenters. The number of piperazine rings is 1. The first-order chi connectivity index (χ1) is 13.0. The van der Waals surface area contributed by atoms with Crippen molar-refractivity contribution in [2.45, 2.75) is 0 Å². The van der Waals surface area contributed by atoms with Crippen molar-refractivity contribution in [2.24, 2.45) is 0 Å². The number of carbonyl (C=O) groups excluding carboxylic acids is 1. The van der Waals surface area contributed by atoms with Crippen LogP contribution >= 0.6 is 15.9 Å². The van der Waals surface area contributed by atoms with Crippen LogP contribution in [0.4, 0.5) is 14.9 Å². The van der Waals surface area contributed by atoms with Gasteiger partial charge in [-0.2, -0.15) is 0 Å². The molecule has 0 atom stereocenters. The van der Waals surface area contributed by atoms with Gasteiger partial charge in [-0.3, -0.25) is 4.40 Å². The number of carbonyl (C=O) groups is 1. The highest BCUT2D eigenvalue weighted by Gasteiger charge is 2.19. The Morgan fingerprint density at radius 3 is 2.78 bits per heavy atom. The Bertz CT molecular complexity index is 999. The number of hydrogen-bond donors (Lipinski definition) is 1. The number of likely N-dealkylation sites (N-methyl/N-ethyl adjacent to an activating group) is 1. The summed E-state index contributed by atoms with van der Waals surface area (Å²) in [5.74, 6) is 0.0644. The number of amides is 2. The standard InChI is InChI=1S/C18H18BrFN6O/c1-24-4-6-25(7-5-24)18(27)22-13-2-3-15(20)14(8-13)16-11-26-10-12(19)9-21-17(26)23-16/h2-3,8-11H,4-7H2,1H3,(H,22,27). The zero-order chi connectivity index (χ0) is 19.0. The van der Waals surface area contributed by atoms with Crippen LogP contribution in [0.2, 0.25) is 0 Å². The van der Waals surface area contributed by atoms with Gasteiger partial charge < -0.3 is 15.1 Å². The molecule has 3 aromatic rings. The van der Waals surface area contributed by atoms with E-state index in [0.717, 1.165) is 17.6 Å². The minimum atomic E-state index is -0.407. The van der Waals surface area contributed by atoms with E-state index in [9.17, 15) is 9.18 Å². The monoisotopic (exact) mass is 432 g/mol. The fraction of sp³-hybridized carbons (Fsp3) is 0.278. The molecule has 140 valence electrons. The Kier molecular flexibility index (Phi) is 4.79. The Morgan fingerprint density at radius 1 is 1.22 bits per heavy atom. The summed E-state index contributed by atoms with van der Waals surface area (Å²) >= 11 is 3.35. The van der Waals surface area contributed by atoms with Gasteiger partial charge in [-0.25, -0.2) is 19.2 Å². The van der Waals surface area contributed by atoms with Crippen molar-refractivity contribution >= 4 is 33.4 Å². The van der Waals surface area contributed by atoms with Gasteiger partial charge in [0.05, 0.1) is 10.2 Å². The van der Waals surface area contributed by atoms with E-state index in [-0.39, 0.29) is 6.03 Å². The quantitative estimate of drug-likeness (QED) is 0.675. The molecule has 1 N–H and O–H groups in total. The number of fused-ring (bicyclic) bond motifs is 1. The van der Waals surface area contributed by atoms with Gasteiger partial charge in [0.15, 0.2) is 0 Å². The van der Waals surface area contributed by atoms with Gasteiger partial charge >= 0.3 is 6.03 Å². The molecule has 2 aromatic heterocycles. The number of benzene rings is 1. The highest BCUT2D eigenvalue weighted by molar-refractivity contribution is 9.10. The SMILES string of the molecule is CN1CCN(C(=O)Nc2ccc(F)c(-c3cn4cc(Br)cnc4n3)c2)CC1. The lowest BCUT2D eigenvalue weighted by Crippen LogP contribution is -2.48. The van der Waals surface area contributed by atoms with Crippen LogP contribution in [0.15, 0.2) is 41.3 Å². The molecule has 3 heterocycles. The molecule has 27 heavy (non-hydrogen) atoms. The van der Waals surface area contributed by atoms with Crippen molar-refractivity contribution in [3.8, 4) is 11.3 Å². The number of imidazole rings is 1. The average Bonchev–Trinajstić information content (AvgIpc) is 3.06. The molecule has 1 aliphatic rings. The largest absolute Gasteiger partial charge is 0.322 e. The van der Waals surface area contributed by atoms with Crippen molar-refractivity contribution < 1.29 is 9.18 Å². The van der Waals surface area contributed by atoms with Gasteiger partial charge in [-0.05, 0) is 41.2 Å². The second kappa shape index (κ2) is 7.24. The van der Waals surface area contributed by atoms with Gasteiger partial charge in [0.1, 0.15) is 5.82 Å². The average molecular weight is 433 g/mol. The van der Waals surface area contributed by atoms with E-state index in [1.54, 1.807) is 40.0 Å². The molecule has 0 bridgehead atoms. The van der Waals surface area contributed by atoms with Crippen molar-refractivity contribution in [3.63, 3.8) is 0 Å². The molecule has 1 aromatic carbocycles. The normalized spacial score (nSPS) is 15.3. The van der Waals surface area contributed by atoms with E-state index < -0.39 is 5.82 Å². The number of rotatable bonds is 2. The maximum absolute atomic E-state index is 14.4. The third-order valence-electron chi connectivity index (χ3n) is 4.56. The first kappa shape index (κ1) is 17.9. The summed E-state index contributed by atoms with van der Waals surface area (Å²) in [5.41, 5.74) is 1.29. The Morgan fingerprint density at radius 2 is 2.00 bits per heavy atom. The Balaban J connectivity index is 1.58. The van der Waals surface area contributed by atoms with Gasteiger partial charge in [-0.1, -0.05) is 0 Å². The van der Waals surface area contributed by atoms with Crippen LogP contribution < -0.4 is 5.32 Å². The van der Waals surface area contributed by atoms with Crippen molar-refractivity contribution in [2.75, 3.05) is 38.5 Å². The van der Waals surface area contributed by atoms with Gasteiger partial charge in [-0.15, -0.1) is 0 Å². The molecule has 0 aliphatic carbocycles. The zero-order valence-electron chi connectivity index (χ0n) is 14.7. The fourth-order valence-corrected chi connectivity index (χ4v) is 3.32. The lowest BCUT2D eigenvalue weighted by atomic mass is 10.1. The van der Waals surface area contributed by atoms with Crippen LogP contribution in [0.25, 0.3) is 17.0 Å². The highest BCUT2D eigenvalue weighted by Crippen LogP contribution is 2.26. The molecular formula is C18H18BrFN6O. The number of hydrogen-bond acceptors (Lipinski definition) is 4. The third kappa shape index (κ3) is 3.79. The van der Waals surface area contributed by atoms with E-state index in [4.69, 9.17) is 0 Å². The molecule has 2 amide bonds. The summed E-state index contributed by atoms with van der Waals surface area (Å²) in [7, 11) is 2.03. The molecule has 0 spiro atoms. The van der Waals surface area contributed by atoms with E-state index in [0.29, 0.717) is 35.8 Å². The summed E-state index contributed by atoms with van der Waals surface area (Å²) in [6, 6.07) is 4.31. The number of nitrogens with one attached hydrogen (secondary N) is 1. The number of urea groups is 1. The van der Waals surface area contributed by atoms with E-state index in [2.05, 4.69) is 36.1 Å². The van der Waals surface area contributed by atoms with Crippen molar-refractivity contribution in [1.82, 2.24) is 24.2 Å². The Labute approximate surface area is 163 Å². The summed E-state index contributed by atoms with van der Waals surface area (Å²) in [6.45, 7) is 3.02. The van der Waals surface area contributed by atoms with Gasteiger partial charge in [0, 0.05) is 56.0 Å². The number of halogens is 2. The van der Waals surface area contributed by atoms with Gasteiger partial charge in [0.2, 0.25) is 5.78 Å². The van der Waals surface area contributed by atoms with E-state index >= 15 is 0 Å². The van der Waals surface area contributed by atoms with Crippen LogP contribution in [0, 0.1) is 5.82 Å². The lowest BCUT2D eigenvalue weighted by Gasteiger charge is -2.32. The Hall–Kier alpha value is -2.52. The summed E-state index contributed by atoms with van der Waals surface area (Å²) in [4.78, 5) is 25.0. The molecule has 0 saturated carbocycles. The molecule has 0 radical (unpaired) electrons. The molecular weight excluding hydrogens is 415 g/mol. The van der Waals surface area contributed by atoms with Crippen molar-refractivity contribution in [1.29, 1.82) is 0 Å². The van der Waals surface area contributed by atoms with Crippen molar-refractivity contribution in [3.05, 3.63) is 47.1 Å². The van der Waals surface area contributed by atoms with Crippen LogP contribution in [-0.2, 0) is 0 Å². The predicted octanol–water partition coefficient (Wildman–Crippen LogP) is 3.08. The molecule has 7 nitrogen and oxygen atoms in total. The second-order valence-corrected chi connectivity index (χ2v) is 7.44. The van der Waals surface area contributed by atoms with Crippen LogP contribution in [0.5, 0.6) is 0 Å². The van der Waals surface area contributed by atoms with E-state index in [1.807, 2.05) is 7.05 Å². The van der Waals surface area contributed by atoms with Crippen LogP contribution in [0.3, 0.4) is 0 Å². The first-order valence-corrected chi connectivity index (χ1v) is 9.33. The topological polar surface area (TPSA) is 65.8 Å². The maximum atomic E-state index is 14.4. The van der Waals surface area contributed by atoms with Crippen LogP contribution in [0.1, 0.15) is 0 Å². The van der Waals surface area contributed by atoms with Gasteiger partial charge in [0.25, 0.3) is 0 Å². The summed E-state index contributed by atoms with van der Waals surface area (Å²) < 4.78 is 16.9. The number of aromatic nitrogens is 3. The van der Waals surface area contributed by atoms with E-state index in [1.165, 1.54) is 6.07 Å². The van der Waals surface area contributed by atoms with Crippen LogP contribution in [-0.4, -0.2) is 63.4 Å². The molecule has 9 heteroatoms. The summed E-state index contributed by atoms with van der Waals surface area (Å²) in [6.07, 6.45) is 5.14. The molecule has 4 rings (SSSR count). The third-order valence-corrected chi connectivity index (χ3v) is 4.97. The zero-order valence-corrected chi connectivity index (χ0v) is 16.3. The molecule has 1 aliphatic heterocycles. The number of anilines is 1. The smallest absolute Gasteiger partial charge is 0.321 e. The minimum absolute atomic E-state index is 0.179. The molecule has 1 fully saturated rings. The number of nitrogens with zero attached hydrogens (tertiary/aromatic N) is 5. The highest BCUT2D eigenvalue weighted by atomic mass is 79.9. The first-order valence-electron chi connectivity index (χ1n) is 8.54. The minimum Gasteiger partial charge on any atom is -0.322 e. The lowest BCUT2D eigenvalue weighted by molar-refractivity contribution is 0.164. The summed E-state index contributed by atoms with van der Waals surface area (Å²) in [5, 5.41) is 2.85. The fourth-order valence-electron chi connectivity index (χ4n) is 3.00. The maximum Gasteiger partial charge on any atom is 0.321 e. The second-order valence-electron chi connectivity index (χ2n) is 6.52. The predicted molar refractivity (Wildman–Crippen MR) is 104 cm³/mol. The molecule has 1 saturated heterocycles.